The van der Waals surface area contributed by atoms with Gasteiger partial charge in [-0.3, -0.25) is 0 Å². The highest BCUT2D eigenvalue weighted by Crippen LogP contribution is 2.28. The summed E-state index contributed by atoms with van der Waals surface area (Å²) < 4.78 is 10.8. The molecule has 1 aromatic carbocycles. The number of benzene rings is 1. The van der Waals surface area contributed by atoms with Crippen molar-refractivity contribution in [3.05, 3.63) is 29.8 Å². The predicted octanol–water partition coefficient (Wildman–Crippen LogP) is 1.87. The number of methoxy groups -OCH3 is 1. The van der Waals surface area contributed by atoms with Crippen LogP contribution in [0, 0.1) is 0 Å². The summed E-state index contributed by atoms with van der Waals surface area (Å²) in [4.78, 5) is 0. The van der Waals surface area contributed by atoms with Crippen LogP contribution in [0.5, 0.6) is 5.75 Å². The number of ether oxygens (including phenoxy) is 2. The van der Waals surface area contributed by atoms with Gasteiger partial charge in [-0.25, -0.2) is 0 Å². The molecule has 3 nitrogen and oxygen atoms in total. The second-order valence-electron chi connectivity index (χ2n) is 3.87. The molecule has 1 heterocycles. The minimum atomic E-state index is 0.0460. The molecule has 2 rings (SSSR count). The molecule has 1 aliphatic rings. The summed E-state index contributed by atoms with van der Waals surface area (Å²) in [6, 6.07) is 8.05. The summed E-state index contributed by atoms with van der Waals surface area (Å²) in [5, 5.41) is 0. The van der Waals surface area contributed by atoms with Gasteiger partial charge < -0.3 is 15.2 Å². The molecule has 0 bridgehead atoms. The van der Waals surface area contributed by atoms with Crippen molar-refractivity contribution in [1.82, 2.24) is 0 Å². The van der Waals surface area contributed by atoms with E-state index < -0.39 is 0 Å². The molecule has 15 heavy (non-hydrogen) atoms. The van der Waals surface area contributed by atoms with Crippen LogP contribution in [0.2, 0.25) is 0 Å². The lowest BCUT2D eigenvalue weighted by Gasteiger charge is -2.29. The smallest absolute Gasteiger partial charge is 0.118 e. The maximum absolute atomic E-state index is 6.03. The topological polar surface area (TPSA) is 44.5 Å². The molecule has 82 valence electrons. The molecule has 1 aliphatic heterocycles. The highest BCUT2D eigenvalue weighted by Gasteiger charge is 2.23. The summed E-state index contributed by atoms with van der Waals surface area (Å²) in [5.41, 5.74) is 7.17. The van der Waals surface area contributed by atoms with Gasteiger partial charge in [-0.05, 0) is 30.5 Å². The van der Waals surface area contributed by atoms with Crippen molar-refractivity contribution in [2.45, 2.75) is 25.0 Å². The number of hydrogen-bond acceptors (Lipinski definition) is 3. The highest BCUT2D eigenvalue weighted by molar-refractivity contribution is 5.29. The van der Waals surface area contributed by atoms with Crippen molar-refractivity contribution in [2.75, 3.05) is 13.7 Å². The summed E-state index contributed by atoms with van der Waals surface area (Å²) in [6.07, 6.45) is 2.15. The van der Waals surface area contributed by atoms with Gasteiger partial charge in [-0.2, -0.15) is 0 Å². The Hall–Kier alpha value is -1.06. The summed E-state index contributed by atoms with van der Waals surface area (Å²) in [5.74, 6) is 0.864. The van der Waals surface area contributed by atoms with Crippen LogP contribution >= 0.6 is 0 Å². The summed E-state index contributed by atoms with van der Waals surface area (Å²) in [6.45, 7) is 0.810. The van der Waals surface area contributed by atoms with Gasteiger partial charge in [0.25, 0.3) is 0 Å². The van der Waals surface area contributed by atoms with Crippen molar-refractivity contribution in [3.63, 3.8) is 0 Å². The number of hydrogen-bond donors (Lipinski definition) is 1. The molecule has 1 aromatic rings. The van der Waals surface area contributed by atoms with Gasteiger partial charge in [0.1, 0.15) is 5.75 Å². The molecule has 0 saturated carbocycles. The van der Waals surface area contributed by atoms with Crippen LogP contribution in [0.3, 0.4) is 0 Å². The molecule has 3 heteroatoms. The average molecular weight is 207 g/mol. The van der Waals surface area contributed by atoms with Gasteiger partial charge in [-0.15, -0.1) is 0 Å². The van der Waals surface area contributed by atoms with Crippen LogP contribution in [0.4, 0.5) is 0 Å². The quantitative estimate of drug-likeness (QED) is 0.805. The van der Waals surface area contributed by atoms with E-state index >= 15 is 0 Å². The van der Waals surface area contributed by atoms with Crippen molar-refractivity contribution in [3.8, 4) is 5.75 Å². The Morgan fingerprint density at radius 1 is 1.33 bits per heavy atom. The molecule has 2 unspecified atom stereocenters. The van der Waals surface area contributed by atoms with Crippen LogP contribution in [0.15, 0.2) is 24.3 Å². The van der Waals surface area contributed by atoms with Crippen molar-refractivity contribution in [1.29, 1.82) is 0 Å². The van der Waals surface area contributed by atoms with Gasteiger partial charge >= 0.3 is 0 Å². The van der Waals surface area contributed by atoms with E-state index in [0.717, 1.165) is 30.8 Å². The lowest BCUT2D eigenvalue weighted by Crippen LogP contribution is -2.34. The summed E-state index contributed by atoms with van der Waals surface area (Å²) >= 11 is 0. The van der Waals surface area contributed by atoms with E-state index in [-0.39, 0.29) is 12.1 Å². The van der Waals surface area contributed by atoms with Crippen LogP contribution in [0.25, 0.3) is 0 Å². The minimum absolute atomic E-state index is 0.0460. The van der Waals surface area contributed by atoms with E-state index in [1.807, 2.05) is 24.3 Å². The van der Waals surface area contributed by atoms with Crippen molar-refractivity contribution < 1.29 is 9.47 Å². The fraction of sp³-hybridized carbons (Fsp3) is 0.500. The number of rotatable bonds is 2. The third-order valence-corrected chi connectivity index (χ3v) is 2.81. The molecule has 2 atom stereocenters. The fourth-order valence-corrected chi connectivity index (χ4v) is 1.94. The normalized spacial score (nSPS) is 26.3. The Kier molecular flexibility index (Phi) is 3.23. The zero-order valence-electron chi connectivity index (χ0n) is 8.98. The van der Waals surface area contributed by atoms with Gasteiger partial charge in [0.15, 0.2) is 0 Å². The van der Waals surface area contributed by atoms with Crippen LogP contribution in [-0.2, 0) is 4.74 Å². The lowest BCUT2D eigenvalue weighted by atomic mass is 9.97. The van der Waals surface area contributed by atoms with Gasteiger partial charge in [-0.1, -0.05) is 12.1 Å². The monoisotopic (exact) mass is 207 g/mol. The lowest BCUT2D eigenvalue weighted by molar-refractivity contribution is 0.000126. The molecule has 0 spiro atoms. The van der Waals surface area contributed by atoms with Crippen molar-refractivity contribution >= 4 is 0 Å². The van der Waals surface area contributed by atoms with Gasteiger partial charge in [0.05, 0.1) is 13.2 Å². The Bertz CT molecular complexity index is 310. The molecule has 1 saturated heterocycles. The zero-order chi connectivity index (χ0) is 10.7. The first-order valence-corrected chi connectivity index (χ1v) is 5.32. The number of nitrogens with two attached hydrogens (primary N) is 1. The minimum Gasteiger partial charge on any atom is -0.497 e. The fourth-order valence-electron chi connectivity index (χ4n) is 1.94. The molecule has 0 aromatic heterocycles. The maximum atomic E-state index is 6.03. The van der Waals surface area contributed by atoms with Gasteiger partial charge in [0.2, 0.25) is 0 Å². The Balaban J connectivity index is 2.13. The molecular formula is C12H17NO2. The molecule has 1 fully saturated rings. The standard InChI is InChI=1S/C12H17NO2/c1-14-10-6-4-9(5-7-10)12-11(13)3-2-8-15-12/h4-7,11-12H,2-3,8,13H2,1H3. The van der Waals surface area contributed by atoms with E-state index in [0.29, 0.717) is 0 Å². The van der Waals surface area contributed by atoms with E-state index in [2.05, 4.69) is 0 Å². The van der Waals surface area contributed by atoms with E-state index in [4.69, 9.17) is 15.2 Å². The molecule has 0 radical (unpaired) electrons. The second-order valence-corrected chi connectivity index (χ2v) is 3.87. The molecule has 0 aliphatic carbocycles. The first kappa shape index (κ1) is 10.5. The van der Waals surface area contributed by atoms with E-state index in [1.54, 1.807) is 7.11 Å². The maximum Gasteiger partial charge on any atom is 0.118 e. The first-order valence-electron chi connectivity index (χ1n) is 5.32. The largest absolute Gasteiger partial charge is 0.497 e. The Morgan fingerprint density at radius 3 is 2.67 bits per heavy atom. The Labute approximate surface area is 90.2 Å². The first-order chi connectivity index (χ1) is 7.31. The SMILES string of the molecule is COc1ccc(C2OCCCC2N)cc1. The molecule has 2 N–H and O–H groups in total. The summed E-state index contributed by atoms with van der Waals surface area (Å²) in [7, 11) is 1.66. The highest BCUT2D eigenvalue weighted by atomic mass is 16.5. The Morgan fingerprint density at radius 2 is 2.07 bits per heavy atom. The predicted molar refractivity (Wildman–Crippen MR) is 58.9 cm³/mol. The molecule has 0 amide bonds. The van der Waals surface area contributed by atoms with E-state index in [1.165, 1.54) is 0 Å². The van der Waals surface area contributed by atoms with Crippen LogP contribution < -0.4 is 10.5 Å². The molecular weight excluding hydrogens is 190 g/mol. The van der Waals surface area contributed by atoms with Gasteiger partial charge in [0, 0.05) is 12.6 Å². The average Bonchev–Trinajstić information content (AvgIpc) is 2.30. The zero-order valence-corrected chi connectivity index (χ0v) is 8.98. The van der Waals surface area contributed by atoms with Crippen LogP contribution in [0.1, 0.15) is 24.5 Å². The van der Waals surface area contributed by atoms with E-state index in [9.17, 15) is 0 Å². The van der Waals surface area contributed by atoms with Crippen LogP contribution in [-0.4, -0.2) is 19.8 Å². The van der Waals surface area contributed by atoms with Crippen molar-refractivity contribution in [2.24, 2.45) is 5.73 Å². The third kappa shape index (κ3) is 2.30. The second kappa shape index (κ2) is 4.64. The third-order valence-electron chi connectivity index (χ3n) is 2.81.